The number of para-hydroxylation sites is 2. The van der Waals surface area contributed by atoms with Crippen LogP contribution in [0.2, 0.25) is 0 Å². The van der Waals surface area contributed by atoms with Crippen LogP contribution in [0.5, 0.6) is 0 Å². The number of hydrogen-bond donors (Lipinski definition) is 0. The first-order valence-electron chi connectivity index (χ1n) is 29.0. The Balaban J connectivity index is 1.05. The summed E-state index contributed by atoms with van der Waals surface area (Å²) in [4.78, 5) is 28.0. The lowest BCUT2D eigenvalue weighted by Gasteiger charge is -2.22. The molecule has 16 rings (SSSR count). The van der Waals surface area contributed by atoms with E-state index >= 15 is 0 Å². The Hall–Kier alpha value is -11.7. The molecule has 0 atom stereocenters. The molecule has 0 spiro atoms. The molecular weight excluding hydrogens is 1050 g/mol. The largest absolute Gasteiger partial charge is 0.309 e. The van der Waals surface area contributed by atoms with Gasteiger partial charge in [0.1, 0.15) is 0 Å². The lowest BCUT2D eigenvalue weighted by atomic mass is 10.00. The summed E-state index contributed by atoms with van der Waals surface area (Å²) in [5, 5.41) is 4.42. The van der Waals surface area contributed by atoms with Crippen molar-refractivity contribution in [2.45, 2.75) is 0 Å². The molecule has 0 unspecified atom stereocenters. The third-order valence-corrected chi connectivity index (χ3v) is 16.4. The van der Waals surface area contributed by atoms with Crippen LogP contribution in [0.1, 0.15) is 0 Å². The monoisotopic (exact) mass is 1100 g/mol. The van der Waals surface area contributed by atoms with Crippen LogP contribution in [-0.2, 0) is 0 Å². The third kappa shape index (κ3) is 8.99. The summed E-state index contributed by atoms with van der Waals surface area (Å²) >= 11 is 0. The van der Waals surface area contributed by atoms with E-state index in [2.05, 4.69) is 288 Å². The molecule has 5 aromatic heterocycles. The van der Waals surface area contributed by atoms with Crippen LogP contribution in [0.3, 0.4) is 0 Å². The average Bonchev–Trinajstić information content (AvgIpc) is 4.24. The number of fused-ring (bicyclic) bond motifs is 6. The van der Waals surface area contributed by atoms with E-state index < -0.39 is 0 Å². The van der Waals surface area contributed by atoms with Crippen LogP contribution in [0.15, 0.2) is 309 Å². The molecule has 0 N–H and O–H groups in total. The molecule has 16 aromatic rings. The van der Waals surface area contributed by atoms with Gasteiger partial charge in [-0.1, -0.05) is 237 Å². The van der Waals surface area contributed by atoms with Gasteiger partial charge in [-0.25, -0.2) is 24.9 Å². The lowest BCUT2D eigenvalue weighted by Crippen LogP contribution is -2.08. The second kappa shape index (κ2) is 21.3. The van der Waals surface area contributed by atoms with Crippen molar-refractivity contribution in [1.29, 1.82) is 0 Å². The zero-order valence-corrected chi connectivity index (χ0v) is 46.6. The summed E-state index contributed by atoms with van der Waals surface area (Å²) in [5.74, 6) is 1.09. The second-order valence-electron chi connectivity index (χ2n) is 21.6. The van der Waals surface area contributed by atoms with Crippen molar-refractivity contribution in [1.82, 2.24) is 34.1 Å². The summed E-state index contributed by atoms with van der Waals surface area (Å²) in [6, 6.07) is 109. The number of pyridine rings is 1. The van der Waals surface area contributed by atoms with Crippen molar-refractivity contribution in [3.8, 4) is 113 Å². The normalized spacial score (nSPS) is 11.5. The lowest BCUT2D eigenvalue weighted by molar-refractivity contribution is 1.10. The van der Waals surface area contributed by atoms with Gasteiger partial charge in [-0.3, -0.25) is 0 Å². The molecule has 0 saturated heterocycles. The van der Waals surface area contributed by atoms with E-state index in [-0.39, 0.29) is 0 Å². The van der Waals surface area contributed by atoms with E-state index in [0.717, 1.165) is 145 Å². The zero-order valence-electron chi connectivity index (χ0n) is 46.6. The van der Waals surface area contributed by atoms with Crippen molar-refractivity contribution < 1.29 is 0 Å². The molecule has 0 aliphatic rings. The molecule has 0 aliphatic heterocycles. The standard InChI is InChI=1S/C79H51N7/c1-7-24-52(25-8-1)58-42-44-76-63(46-58)62-37-20-22-41-74(62)86(76)77-65(78-81-69(54-28-11-3-12-29-54)50-70(82-78)55-30-13-4-14-31-55)48-60(49-66(77)79-83-71(56-32-15-5-16-33-56)51-72(84-79)57-34-17-6-18-35-57)85-73-40-21-19-36-61(73)64-47-59(43-45-75(64)85)68-39-23-38-67(80-68)53-26-9-2-10-27-53/h1-51H. The predicted molar refractivity (Wildman–Crippen MR) is 353 cm³/mol. The Morgan fingerprint density at radius 3 is 0.988 bits per heavy atom. The second-order valence-corrected chi connectivity index (χ2v) is 21.6. The van der Waals surface area contributed by atoms with Gasteiger partial charge in [-0.2, -0.15) is 0 Å². The van der Waals surface area contributed by atoms with Crippen LogP contribution in [0, 0.1) is 0 Å². The number of nitrogens with zero attached hydrogens (tertiary/aromatic N) is 7. The summed E-state index contributed by atoms with van der Waals surface area (Å²) in [7, 11) is 0. The molecule has 11 aromatic carbocycles. The van der Waals surface area contributed by atoms with Crippen molar-refractivity contribution in [2.75, 3.05) is 0 Å². The van der Waals surface area contributed by atoms with E-state index in [4.69, 9.17) is 24.9 Å². The van der Waals surface area contributed by atoms with Crippen LogP contribution in [0.25, 0.3) is 156 Å². The molecule has 7 heteroatoms. The van der Waals surface area contributed by atoms with Crippen molar-refractivity contribution in [3.63, 3.8) is 0 Å². The van der Waals surface area contributed by atoms with Gasteiger partial charge < -0.3 is 9.13 Å². The highest BCUT2D eigenvalue weighted by molar-refractivity contribution is 6.13. The topological polar surface area (TPSA) is 74.3 Å². The molecule has 0 saturated carbocycles. The fourth-order valence-corrected chi connectivity index (χ4v) is 12.3. The Bertz CT molecular complexity index is 4930. The highest BCUT2D eigenvalue weighted by Gasteiger charge is 2.28. The van der Waals surface area contributed by atoms with Crippen LogP contribution in [-0.4, -0.2) is 34.1 Å². The first-order valence-corrected chi connectivity index (χ1v) is 29.0. The molecule has 0 amide bonds. The predicted octanol–water partition coefficient (Wildman–Crippen LogP) is 19.9. The van der Waals surface area contributed by atoms with Gasteiger partial charge in [0.2, 0.25) is 0 Å². The molecule has 0 aliphatic carbocycles. The number of benzene rings is 11. The van der Waals surface area contributed by atoms with E-state index in [9.17, 15) is 0 Å². The molecule has 0 radical (unpaired) electrons. The van der Waals surface area contributed by atoms with E-state index in [0.29, 0.717) is 11.6 Å². The van der Waals surface area contributed by atoms with Crippen LogP contribution >= 0.6 is 0 Å². The molecule has 0 fully saturated rings. The summed E-state index contributed by atoms with van der Waals surface area (Å²) in [6.45, 7) is 0. The van der Waals surface area contributed by atoms with E-state index in [1.54, 1.807) is 0 Å². The smallest absolute Gasteiger partial charge is 0.162 e. The maximum Gasteiger partial charge on any atom is 0.162 e. The van der Waals surface area contributed by atoms with Gasteiger partial charge in [0.05, 0.1) is 61.9 Å². The first kappa shape index (κ1) is 50.1. The van der Waals surface area contributed by atoms with Crippen molar-refractivity contribution >= 4 is 43.6 Å². The maximum absolute atomic E-state index is 5.69. The molecule has 86 heavy (non-hydrogen) atoms. The van der Waals surface area contributed by atoms with Gasteiger partial charge in [-0.05, 0) is 83.9 Å². The van der Waals surface area contributed by atoms with Gasteiger partial charge in [0.15, 0.2) is 11.6 Å². The van der Waals surface area contributed by atoms with E-state index in [1.165, 1.54) is 0 Å². The first-order chi connectivity index (χ1) is 42.6. The van der Waals surface area contributed by atoms with Gasteiger partial charge >= 0.3 is 0 Å². The molecule has 402 valence electrons. The van der Waals surface area contributed by atoms with Crippen LogP contribution < -0.4 is 0 Å². The average molecular weight is 1100 g/mol. The van der Waals surface area contributed by atoms with Gasteiger partial charge in [-0.15, -0.1) is 0 Å². The van der Waals surface area contributed by atoms with Crippen molar-refractivity contribution in [2.24, 2.45) is 0 Å². The molecule has 7 nitrogen and oxygen atoms in total. The Labute approximate surface area is 497 Å². The summed E-state index contributed by atoms with van der Waals surface area (Å²) < 4.78 is 4.79. The fraction of sp³-hybridized carbons (Fsp3) is 0. The SMILES string of the molecule is c1ccc(-c2ccc3c(c2)c2ccccc2n3-c2c(-c3nc(-c4ccccc4)cc(-c4ccccc4)n3)cc(-n3c4ccccc4c4cc(-c5cccc(-c6ccccc6)n5)ccc43)cc2-c2nc(-c3ccccc3)cc(-c3ccccc3)n2)cc1. The van der Waals surface area contributed by atoms with Gasteiger partial charge in [0, 0.05) is 71.7 Å². The minimum absolute atomic E-state index is 0.546. The van der Waals surface area contributed by atoms with Gasteiger partial charge in [0.25, 0.3) is 0 Å². The quantitative estimate of drug-likeness (QED) is 0.129. The molecule has 5 heterocycles. The summed E-state index contributed by atoms with van der Waals surface area (Å²) in [6.07, 6.45) is 0. The maximum atomic E-state index is 5.69. The van der Waals surface area contributed by atoms with Crippen molar-refractivity contribution in [3.05, 3.63) is 309 Å². The Morgan fingerprint density at radius 2 is 0.535 bits per heavy atom. The number of hydrogen-bond acceptors (Lipinski definition) is 5. The molecule has 0 bridgehead atoms. The van der Waals surface area contributed by atoms with E-state index in [1.807, 2.05) is 30.3 Å². The fourth-order valence-electron chi connectivity index (χ4n) is 12.3. The summed E-state index contributed by atoms with van der Waals surface area (Å²) in [5.41, 5.74) is 20.7. The number of rotatable bonds is 11. The minimum atomic E-state index is 0.546. The Morgan fingerprint density at radius 1 is 0.198 bits per heavy atom. The molecular formula is C79H51N7. The van der Waals surface area contributed by atoms with Crippen LogP contribution in [0.4, 0.5) is 0 Å². The zero-order chi connectivity index (χ0) is 56.9. The highest BCUT2D eigenvalue weighted by atomic mass is 15.0. The highest BCUT2D eigenvalue weighted by Crippen LogP contribution is 2.46. The minimum Gasteiger partial charge on any atom is -0.309 e. The number of aromatic nitrogens is 7. The third-order valence-electron chi connectivity index (χ3n) is 16.4. The Kier molecular flexibility index (Phi) is 12.4.